The number of anilines is 1. The number of benzene rings is 1. The Morgan fingerprint density at radius 1 is 1.42 bits per heavy atom. The molecule has 1 fully saturated rings. The number of amides is 2. The molecule has 1 aromatic carbocycles. The molecule has 2 amide bonds. The molecule has 0 radical (unpaired) electrons. The van der Waals surface area contributed by atoms with Gasteiger partial charge < -0.3 is 15.4 Å². The summed E-state index contributed by atoms with van der Waals surface area (Å²) in [7, 11) is 1.55. The summed E-state index contributed by atoms with van der Waals surface area (Å²) in [6.07, 6.45) is 2.06. The van der Waals surface area contributed by atoms with Crippen molar-refractivity contribution in [3.8, 4) is 5.75 Å². The Bertz CT molecular complexity index is 450. The van der Waals surface area contributed by atoms with Crippen LogP contribution in [0.5, 0.6) is 5.75 Å². The number of methoxy groups -OCH3 is 1. The summed E-state index contributed by atoms with van der Waals surface area (Å²) in [6.45, 7) is 0. The minimum atomic E-state index is -0.179. The smallest absolute Gasteiger partial charge is 0.319 e. The van der Waals surface area contributed by atoms with Crippen LogP contribution in [0, 0.1) is 0 Å². The normalized spacial score (nSPS) is 15.9. The van der Waals surface area contributed by atoms with Gasteiger partial charge in [-0.05, 0) is 36.5 Å². The lowest BCUT2D eigenvalue weighted by Gasteiger charge is -2.22. The molecule has 2 rings (SSSR count). The predicted molar refractivity (Wildman–Crippen MR) is 80.5 cm³/mol. The topological polar surface area (TPSA) is 50.4 Å². The molecule has 1 saturated heterocycles. The highest BCUT2D eigenvalue weighted by Gasteiger charge is 2.16. The highest BCUT2D eigenvalue weighted by Crippen LogP contribution is 2.27. The number of carbonyl (C=O) groups is 1. The fourth-order valence-corrected chi connectivity index (χ4v) is 3.23. The maximum absolute atomic E-state index is 11.9. The Kier molecular flexibility index (Phi) is 5.22. The molecular weight excluding hydrogens is 284 g/mol. The summed E-state index contributed by atoms with van der Waals surface area (Å²) in [6, 6.07) is 5.25. The van der Waals surface area contributed by atoms with Crippen molar-refractivity contribution in [3.05, 3.63) is 23.2 Å². The van der Waals surface area contributed by atoms with Gasteiger partial charge in [-0.3, -0.25) is 0 Å². The molecule has 1 aliphatic rings. The number of urea groups is 1. The van der Waals surface area contributed by atoms with Crippen LogP contribution in [-0.4, -0.2) is 30.7 Å². The van der Waals surface area contributed by atoms with Gasteiger partial charge in [-0.25, -0.2) is 4.79 Å². The minimum Gasteiger partial charge on any atom is -0.495 e. The quantitative estimate of drug-likeness (QED) is 0.900. The zero-order chi connectivity index (χ0) is 13.7. The van der Waals surface area contributed by atoms with Crippen molar-refractivity contribution in [1.82, 2.24) is 5.32 Å². The molecule has 104 valence electrons. The fraction of sp³-hybridized carbons (Fsp3) is 0.462. The second-order valence-electron chi connectivity index (χ2n) is 4.33. The van der Waals surface area contributed by atoms with Crippen LogP contribution < -0.4 is 15.4 Å². The number of nitrogens with one attached hydrogen (secondary N) is 2. The monoisotopic (exact) mass is 300 g/mol. The summed E-state index contributed by atoms with van der Waals surface area (Å²) in [5, 5.41) is 6.30. The third kappa shape index (κ3) is 4.21. The molecule has 0 atom stereocenters. The first-order valence-corrected chi connectivity index (χ1v) is 7.71. The Balaban J connectivity index is 1.90. The van der Waals surface area contributed by atoms with E-state index in [2.05, 4.69) is 10.6 Å². The zero-order valence-corrected chi connectivity index (χ0v) is 12.3. The number of ether oxygens (including phenoxy) is 1. The molecule has 0 aromatic heterocycles. The number of carbonyl (C=O) groups excluding carboxylic acids is 1. The Morgan fingerprint density at radius 3 is 2.84 bits per heavy atom. The average molecular weight is 301 g/mol. The molecule has 4 nitrogen and oxygen atoms in total. The van der Waals surface area contributed by atoms with Gasteiger partial charge in [0, 0.05) is 17.8 Å². The van der Waals surface area contributed by atoms with Gasteiger partial charge in [-0.2, -0.15) is 11.8 Å². The largest absolute Gasteiger partial charge is 0.495 e. The van der Waals surface area contributed by atoms with E-state index in [4.69, 9.17) is 16.3 Å². The van der Waals surface area contributed by atoms with Crippen LogP contribution >= 0.6 is 23.4 Å². The van der Waals surface area contributed by atoms with Gasteiger partial charge in [0.25, 0.3) is 0 Å². The molecule has 0 spiro atoms. The van der Waals surface area contributed by atoms with Crippen LogP contribution in [0.4, 0.5) is 10.5 Å². The molecule has 0 aliphatic carbocycles. The molecule has 0 bridgehead atoms. The van der Waals surface area contributed by atoms with Crippen LogP contribution in [0.2, 0.25) is 5.02 Å². The Labute approximate surface area is 122 Å². The molecule has 19 heavy (non-hydrogen) atoms. The summed E-state index contributed by atoms with van der Waals surface area (Å²) in [5.41, 5.74) is 0.670. The lowest BCUT2D eigenvalue weighted by Crippen LogP contribution is -2.39. The molecule has 2 N–H and O–H groups in total. The molecule has 0 unspecified atom stereocenters. The van der Waals surface area contributed by atoms with Gasteiger partial charge >= 0.3 is 6.03 Å². The third-order valence-corrected chi connectivity index (χ3v) is 4.33. The maximum atomic E-state index is 11.9. The Morgan fingerprint density at radius 2 is 2.16 bits per heavy atom. The lowest BCUT2D eigenvalue weighted by atomic mass is 10.2. The number of hydrogen-bond acceptors (Lipinski definition) is 3. The van der Waals surface area contributed by atoms with E-state index in [-0.39, 0.29) is 12.1 Å². The second-order valence-corrected chi connectivity index (χ2v) is 5.97. The standard InChI is InChI=1S/C13H17ClN2O2S/c1-18-12-8-10(2-3-11(12)14)16-13(17)15-9-4-6-19-7-5-9/h2-3,8-9H,4-7H2,1H3,(H2,15,16,17). The van der Waals surface area contributed by atoms with E-state index < -0.39 is 0 Å². The van der Waals surface area contributed by atoms with Gasteiger partial charge in [0.05, 0.1) is 12.1 Å². The second kappa shape index (κ2) is 6.91. The molecular formula is C13H17ClN2O2S. The fourth-order valence-electron chi connectivity index (χ4n) is 1.93. The van der Waals surface area contributed by atoms with Crippen LogP contribution in [0.15, 0.2) is 18.2 Å². The van der Waals surface area contributed by atoms with E-state index in [1.54, 1.807) is 25.3 Å². The minimum absolute atomic E-state index is 0.179. The SMILES string of the molecule is COc1cc(NC(=O)NC2CCSCC2)ccc1Cl. The lowest BCUT2D eigenvalue weighted by molar-refractivity contribution is 0.247. The highest BCUT2D eigenvalue weighted by molar-refractivity contribution is 7.99. The molecule has 6 heteroatoms. The molecule has 1 heterocycles. The first kappa shape index (κ1) is 14.3. The first-order chi connectivity index (χ1) is 9.19. The van der Waals surface area contributed by atoms with Crippen LogP contribution in [0.25, 0.3) is 0 Å². The van der Waals surface area contributed by atoms with Gasteiger partial charge in [-0.1, -0.05) is 11.6 Å². The summed E-state index contributed by atoms with van der Waals surface area (Å²) >= 11 is 7.87. The number of hydrogen-bond donors (Lipinski definition) is 2. The number of halogens is 1. The van der Waals surface area contributed by atoms with Crippen molar-refractivity contribution in [3.63, 3.8) is 0 Å². The van der Waals surface area contributed by atoms with E-state index in [1.807, 2.05) is 11.8 Å². The number of rotatable bonds is 3. The van der Waals surface area contributed by atoms with Crippen LogP contribution in [0.1, 0.15) is 12.8 Å². The summed E-state index contributed by atoms with van der Waals surface area (Å²) in [4.78, 5) is 11.9. The summed E-state index contributed by atoms with van der Waals surface area (Å²) in [5.74, 6) is 2.77. The van der Waals surface area contributed by atoms with Gasteiger partial charge in [0.2, 0.25) is 0 Å². The van der Waals surface area contributed by atoms with Gasteiger partial charge in [-0.15, -0.1) is 0 Å². The van der Waals surface area contributed by atoms with Gasteiger partial charge in [0.1, 0.15) is 5.75 Å². The molecule has 1 aliphatic heterocycles. The van der Waals surface area contributed by atoms with E-state index in [0.29, 0.717) is 16.5 Å². The van der Waals surface area contributed by atoms with Crippen molar-refractivity contribution in [2.24, 2.45) is 0 Å². The van der Waals surface area contributed by atoms with Crippen molar-refractivity contribution in [1.29, 1.82) is 0 Å². The predicted octanol–water partition coefficient (Wildman–Crippen LogP) is 3.37. The molecule has 0 saturated carbocycles. The van der Waals surface area contributed by atoms with Crippen LogP contribution in [-0.2, 0) is 0 Å². The average Bonchev–Trinajstić information content (AvgIpc) is 2.42. The van der Waals surface area contributed by atoms with Crippen molar-refractivity contribution in [2.45, 2.75) is 18.9 Å². The zero-order valence-electron chi connectivity index (χ0n) is 10.7. The highest BCUT2D eigenvalue weighted by atomic mass is 35.5. The van der Waals surface area contributed by atoms with Gasteiger partial charge in [0.15, 0.2) is 0 Å². The van der Waals surface area contributed by atoms with Crippen LogP contribution in [0.3, 0.4) is 0 Å². The summed E-state index contributed by atoms with van der Waals surface area (Å²) < 4.78 is 5.11. The maximum Gasteiger partial charge on any atom is 0.319 e. The number of thioether (sulfide) groups is 1. The van der Waals surface area contributed by atoms with Crippen molar-refractivity contribution >= 4 is 35.1 Å². The molecule has 1 aromatic rings. The Hall–Kier alpha value is -1.07. The van der Waals surface area contributed by atoms with E-state index in [1.165, 1.54) is 0 Å². The van der Waals surface area contributed by atoms with Crippen molar-refractivity contribution in [2.75, 3.05) is 23.9 Å². The van der Waals surface area contributed by atoms with E-state index in [9.17, 15) is 4.79 Å². The van der Waals surface area contributed by atoms with Crippen molar-refractivity contribution < 1.29 is 9.53 Å². The van der Waals surface area contributed by atoms with E-state index >= 15 is 0 Å². The third-order valence-electron chi connectivity index (χ3n) is 2.97. The van der Waals surface area contributed by atoms with E-state index in [0.717, 1.165) is 24.3 Å². The first-order valence-electron chi connectivity index (χ1n) is 6.18.